The molecule has 3 rings (SSSR count). The molecule has 2 amide bonds. The maximum Gasteiger partial charge on any atom is 0.435 e. The zero-order valence-corrected chi connectivity index (χ0v) is 15.5. The standard InChI is InChI=1S/C16H12F6N4O3S/c17-15(18,19)11-5-12(16(20,21)22)26(24-11)9-3-1-8(2-4-9)23-13(27)10-6-30-7-25(10)14(28)29/h1-5,10H,6-7H2,(H,23,27)(H,28,29). The van der Waals surface area contributed by atoms with Gasteiger partial charge >= 0.3 is 18.4 Å². The minimum absolute atomic E-state index is 0.0894. The summed E-state index contributed by atoms with van der Waals surface area (Å²) in [6, 6.07) is 3.43. The van der Waals surface area contributed by atoms with Crippen LogP contribution in [0.1, 0.15) is 11.4 Å². The molecule has 0 radical (unpaired) electrons. The Bertz CT molecular complexity index is 957. The summed E-state index contributed by atoms with van der Waals surface area (Å²) in [5.41, 5.74) is -3.48. The molecule has 1 aromatic carbocycles. The summed E-state index contributed by atoms with van der Waals surface area (Å²) in [4.78, 5) is 24.3. The van der Waals surface area contributed by atoms with Gasteiger partial charge in [-0.05, 0) is 24.3 Å². The third kappa shape index (κ3) is 4.47. The number of hydrogen-bond acceptors (Lipinski definition) is 4. The van der Waals surface area contributed by atoms with Gasteiger partial charge in [0.25, 0.3) is 0 Å². The van der Waals surface area contributed by atoms with Crippen molar-refractivity contribution in [2.24, 2.45) is 0 Å². The fraction of sp³-hybridized carbons (Fsp3) is 0.312. The van der Waals surface area contributed by atoms with Gasteiger partial charge in [-0.25, -0.2) is 9.48 Å². The summed E-state index contributed by atoms with van der Waals surface area (Å²) < 4.78 is 77.9. The molecule has 1 aliphatic heterocycles. The van der Waals surface area contributed by atoms with Crippen LogP contribution in [0, 0.1) is 0 Å². The average molecular weight is 454 g/mol. The molecule has 7 nitrogen and oxygen atoms in total. The number of carbonyl (C=O) groups excluding carboxylic acids is 1. The largest absolute Gasteiger partial charge is 0.465 e. The zero-order chi connectivity index (χ0) is 22.3. The summed E-state index contributed by atoms with van der Waals surface area (Å²) in [5, 5.41) is 14.5. The second-order valence-electron chi connectivity index (χ2n) is 6.13. The Hall–Kier alpha value is -2.90. The molecule has 1 saturated heterocycles. The van der Waals surface area contributed by atoms with Crippen molar-refractivity contribution in [3.63, 3.8) is 0 Å². The molecule has 2 aromatic rings. The summed E-state index contributed by atoms with van der Waals surface area (Å²) in [6.45, 7) is 0. The lowest BCUT2D eigenvalue weighted by Crippen LogP contribution is -2.43. The van der Waals surface area contributed by atoms with E-state index < -0.39 is 41.8 Å². The van der Waals surface area contributed by atoms with Gasteiger partial charge < -0.3 is 10.4 Å². The van der Waals surface area contributed by atoms with E-state index in [0.717, 1.165) is 17.0 Å². The van der Waals surface area contributed by atoms with Crippen molar-refractivity contribution in [2.75, 3.05) is 16.9 Å². The Labute approximate surface area is 168 Å². The van der Waals surface area contributed by atoms with Crippen LogP contribution in [0.2, 0.25) is 0 Å². The number of amides is 2. The molecular formula is C16H12F6N4O3S. The van der Waals surface area contributed by atoms with Crippen LogP contribution in [0.4, 0.5) is 36.8 Å². The molecule has 162 valence electrons. The molecule has 1 atom stereocenters. The van der Waals surface area contributed by atoms with E-state index in [2.05, 4.69) is 10.4 Å². The third-order valence-corrected chi connectivity index (χ3v) is 5.11. The van der Waals surface area contributed by atoms with Crippen LogP contribution >= 0.6 is 11.8 Å². The highest BCUT2D eigenvalue weighted by Gasteiger charge is 2.42. The van der Waals surface area contributed by atoms with Crippen LogP contribution in [-0.4, -0.2) is 49.5 Å². The van der Waals surface area contributed by atoms with Crippen molar-refractivity contribution in [3.05, 3.63) is 41.7 Å². The number of thioether (sulfide) groups is 1. The van der Waals surface area contributed by atoms with Crippen LogP contribution in [-0.2, 0) is 17.1 Å². The van der Waals surface area contributed by atoms with Gasteiger partial charge in [0.2, 0.25) is 5.91 Å². The van der Waals surface area contributed by atoms with E-state index in [0.29, 0.717) is 0 Å². The van der Waals surface area contributed by atoms with Crippen LogP contribution in [0.15, 0.2) is 30.3 Å². The van der Waals surface area contributed by atoms with Crippen molar-refractivity contribution in [1.82, 2.24) is 14.7 Å². The first-order valence-electron chi connectivity index (χ1n) is 8.11. The average Bonchev–Trinajstić information content (AvgIpc) is 3.29. The predicted molar refractivity (Wildman–Crippen MR) is 93.2 cm³/mol. The number of carboxylic acid groups (broad SMARTS) is 1. The van der Waals surface area contributed by atoms with Gasteiger partial charge in [0.1, 0.15) is 11.7 Å². The molecule has 2 N–H and O–H groups in total. The summed E-state index contributed by atoms with van der Waals surface area (Å²) >= 11 is 1.24. The van der Waals surface area contributed by atoms with Gasteiger partial charge in [0.15, 0.2) is 5.69 Å². The van der Waals surface area contributed by atoms with Crippen LogP contribution in [0.5, 0.6) is 0 Å². The molecule has 1 aliphatic rings. The van der Waals surface area contributed by atoms with E-state index in [4.69, 9.17) is 5.11 Å². The molecule has 1 fully saturated rings. The lowest BCUT2D eigenvalue weighted by molar-refractivity contribution is -0.143. The molecule has 14 heteroatoms. The van der Waals surface area contributed by atoms with Crippen LogP contribution in [0.3, 0.4) is 0 Å². The Morgan fingerprint density at radius 2 is 1.73 bits per heavy atom. The number of halogens is 6. The number of nitrogens with one attached hydrogen (secondary N) is 1. The van der Waals surface area contributed by atoms with E-state index in [1.807, 2.05) is 0 Å². The van der Waals surface area contributed by atoms with E-state index in [1.54, 1.807) is 0 Å². The molecule has 2 heterocycles. The van der Waals surface area contributed by atoms with Gasteiger partial charge in [-0.3, -0.25) is 9.69 Å². The summed E-state index contributed by atoms with van der Waals surface area (Å²) in [7, 11) is 0. The summed E-state index contributed by atoms with van der Waals surface area (Å²) in [5.74, 6) is -0.281. The molecule has 0 bridgehead atoms. The molecule has 1 aromatic heterocycles. The van der Waals surface area contributed by atoms with Crippen LogP contribution in [0.25, 0.3) is 5.69 Å². The van der Waals surface area contributed by atoms with Crippen molar-refractivity contribution in [3.8, 4) is 5.69 Å². The number of nitrogens with zero attached hydrogens (tertiary/aromatic N) is 3. The minimum atomic E-state index is -5.08. The molecule has 0 spiro atoms. The first kappa shape index (κ1) is 21.8. The third-order valence-electron chi connectivity index (χ3n) is 4.10. The number of aromatic nitrogens is 2. The smallest absolute Gasteiger partial charge is 0.435 e. The second-order valence-corrected chi connectivity index (χ2v) is 7.13. The number of rotatable bonds is 3. The fourth-order valence-corrected chi connectivity index (χ4v) is 3.83. The Kier molecular flexibility index (Phi) is 5.62. The highest BCUT2D eigenvalue weighted by Crippen LogP contribution is 2.36. The van der Waals surface area contributed by atoms with Gasteiger partial charge in [-0.1, -0.05) is 0 Å². The quantitative estimate of drug-likeness (QED) is 0.687. The Morgan fingerprint density at radius 3 is 2.27 bits per heavy atom. The maximum absolute atomic E-state index is 13.1. The fourth-order valence-electron chi connectivity index (χ4n) is 2.68. The van der Waals surface area contributed by atoms with Gasteiger partial charge in [0.05, 0.1) is 11.6 Å². The lowest BCUT2D eigenvalue weighted by Gasteiger charge is -2.19. The second kappa shape index (κ2) is 7.74. The number of benzene rings is 1. The highest BCUT2D eigenvalue weighted by molar-refractivity contribution is 7.99. The van der Waals surface area contributed by atoms with E-state index in [9.17, 15) is 35.9 Å². The maximum atomic E-state index is 13.1. The lowest BCUT2D eigenvalue weighted by atomic mass is 10.2. The van der Waals surface area contributed by atoms with E-state index in [-0.39, 0.29) is 33.8 Å². The van der Waals surface area contributed by atoms with E-state index >= 15 is 0 Å². The van der Waals surface area contributed by atoms with Crippen molar-refractivity contribution in [1.29, 1.82) is 0 Å². The highest BCUT2D eigenvalue weighted by atomic mass is 32.2. The van der Waals surface area contributed by atoms with Crippen molar-refractivity contribution in [2.45, 2.75) is 18.4 Å². The molecule has 0 saturated carbocycles. The molecule has 0 aliphatic carbocycles. The SMILES string of the molecule is O=C(Nc1ccc(-n2nc(C(F)(F)F)cc2C(F)(F)F)cc1)C1CSCN1C(=O)O. The van der Waals surface area contributed by atoms with Gasteiger partial charge in [-0.15, -0.1) is 11.8 Å². The number of anilines is 1. The van der Waals surface area contributed by atoms with Crippen molar-refractivity contribution >= 4 is 29.4 Å². The normalized spacial score (nSPS) is 17.3. The Balaban J connectivity index is 1.83. The summed E-state index contributed by atoms with van der Waals surface area (Å²) in [6.07, 6.45) is -11.4. The van der Waals surface area contributed by atoms with Crippen molar-refractivity contribution < 1.29 is 41.0 Å². The molecule has 1 unspecified atom stereocenters. The molecule has 30 heavy (non-hydrogen) atoms. The van der Waals surface area contributed by atoms with Crippen LogP contribution < -0.4 is 5.32 Å². The first-order valence-corrected chi connectivity index (χ1v) is 9.26. The molecular weight excluding hydrogens is 442 g/mol. The topological polar surface area (TPSA) is 87.5 Å². The first-order chi connectivity index (χ1) is 13.9. The van der Waals surface area contributed by atoms with E-state index in [1.165, 1.54) is 23.9 Å². The predicted octanol–water partition coefficient (Wildman–Crippen LogP) is 3.90. The minimum Gasteiger partial charge on any atom is -0.465 e. The monoisotopic (exact) mass is 454 g/mol. The van der Waals surface area contributed by atoms with Gasteiger partial charge in [-0.2, -0.15) is 31.4 Å². The number of alkyl halides is 6. The Morgan fingerprint density at radius 1 is 1.10 bits per heavy atom. The number of carbonyl (C=O) groups is 2. The van der Waals surface area contributed by atoms with Gasteiger partial charge in [0, 0.05) is 17.5 Å². The zero-order valence-electron chi connectivity index (χ0n) is 14.7. The number of hydrogen-bond donors (Lipinski definition) is 2.